The van der Waals surface area contributed by atoms with E-state index < -0.39 is 12.1 Å². The summed E-state index contributed by atoms with van der Waals surface area (Å²) in [7, 11) is 0. The zero-order valence-electron chi connectivity index (χ0n) is 8.85. The third kappa shape index (κ3) is 4.59. The molecule has 5 heteroatoms. The summed E-state index contributed by atoms with van der Waals surface area (Å²) in [4.78, 5) is 11.2. The monoisotopic (exact) mass is 217 g/mol. The zero-order valence-corrected chi connectivity index (χ0v) is 8.85. The molecule has 15 heavy (non-hydrogen) atoms. The molecule has 0 aromatic carbocycles. The van der Waals surface area contributed by atoms with Gasteiger partial charge in [0, 0.05) is 6.61 Å². The standard InChI is InChI=1S/C10H19NO4/c11-5-4-9(12)10(13)15-7-8-3-1-2-6-14-8/h8-9,12H,1-7,11H2. The molecule has 0 aliphatic carbocycles. The summed E-state index contributed by atoms with van der Waals surface area (Å²) >= 11 is 0. The van der Waals surface area contributed by atoms with Gasteiger partial charge in [0.15, 0.2) is 6.10 Å². The van der Waals surface area contributed by atoms with Gasteiger partial charge in [0.1, 0.15) is 6.61 Å². The molecule has 1 saturated heterocycles. The number of nitrogens with two attached hydrogens (primary N) is 1. The van der Waals surface area contributed by atoms with Gasteiger partial charge in [-0.3, -0.25) is 0 Å². The fraction of sp³-hybridized carbons (Fsp3) is 0.900. The summed E-state index contributed by atoms with van der Waals surface area (Å²) in [6.45, 7) is 1.24. The lowest BCUT2D eigenvalue weighted by Crippen LogP contribution is -2.31. The first-order valence-electron chi connectivity index (χ1n) is 5.40. The van der Waals surface area contributed by atoms with Gasteiger partial charge in [-0.1, -0.05) is 0 Å². The van der Waals surface area contributed by atoms with E-state index in [-0.39, 0.29) is 25.7 Å². The summed E-state index contributed by atoms with van der Waals surface area (Å²) in [6, 6.07) is 0. The number of rotatable bonds is 5. The second-order valence-electron chi connectivity index (χ2n) is 3.71. The average molecular weight is 217 g/mol. The fourth-order valence-electron chi connectivity index (χ4n) is 1.49. The number of carbonyl (C=O) groups excluding carboxylic acids is 1. The number of ether oxygens (including phenoxy) is 2. The molecule has 0 spiro atoms. The van der Waals surface area contributed by atoms with Crippen LogP contribution in [0, 0.1) is 0 Å². The number of aliphatic hydroxyl groups is 1. The molecule has 3 N–H and O–H groups in total. The molecule has 88 valence electrons. The Balaban J connectivity index is 2.14. The Hall–Kier alpha value is -0.650. The molecule has 0 aromatic heterocycles. The second-order valence-corrected chi connectivity index (χ2v) is 3.71. The summed E-state index contributed by atoms with van der Waals surface area (Å²) in [5.41, 5.74) is 5.21. The maximum absolute atomic E-state index is 11.2. The smallest absolute Gasteiger partial charge is 0.335 e. The van der Waals surface area contributed by atoms with Gasteiger partial charge in [-0.25, -0.2) is 4.79 Å². The van der Waals surface area contributed by atoms with Crippen LogP contribution >= 0.6 is 0 Å². The van der Waals surface area contributed by atoms with Crippen LogP contribution < -0.4 is 5.73 Å². The van der Waals surface area contributed by atoms with Crippen LogP contribution in [0.3, 0.4) is 0 Å². The van der Waals surface area contributed by atoms with Gasteiger partial charge < -0.3 is 20.3 Å². The number of carbonyl (C=O) groups is 1. The molecule has 0 aromatic rings. The highest BCUT2D eigenvalue weighted by Crippen LogP contribution is 2.13. The quantitative estimate of drug-likeness (QED) is 0.624. The van der Waals surface area contributed by atoms with Crippen molar-refractivity contribution in [1.29, 1.82) is 0 Å². The third-order valence-electron chi connectivity index (χ3n) is 2.40. The Kier molecular flexibility index (Phi) is 5.60. The van der Waals surface area contributed by atoms with Crippen molar-refractivity contribution >= 4 is 5.97 Å². The van der Waals surface area contributed by atoms with Crippen LogP contribution in [0.1, 0.15) is 25.7 Å². The normalized spacial score (nSPS) is 23.5. The van der Waals surface area contributed by atoms with Crippen LogP contribution in [0.15, 0.2) is 0 Å². The molecule has 0 amide bonds. The van der Waals surface area contributed by atoms with E-state index >= 15 is 0 Å². The maximum Gasteiger partial charge on any atom is 0.335 e. The Morgan fingerprint density at radius 2 is 2.40 bits per heavy atom. The minimum Gasteiger partial charge on any atom is -0.461 e. The van der Waals surface area contributed by atoms with Crippen LogP contribution in [0.5, 0.6) is 0 Å². The summed E-state index contributed by atoms with van der Waals surface area (Å²) in [6.07, 6.45) is 2.23. The van der Waals surface area contributed by atoms with Crippen molar-refractivity contribution in [1.82, 2.24) is 0 Å². The van der Waals surface area contributed by atoms with Crippen LogP contribution in [-0.4, -0.2) is 43.0 Å². The molecule has 5 nitrogen and oxygen atoms in total. The van der Waals surface area contributed by atoms with Gasteiger partial charge in [-0.05, 0) is 32.2 Å². The van der Waals surface area contributed by atoms with Crippen molar-refractivity contribution < 1.29 is 19.4 Å². The van der Waals surface area contributed by atoms with E-state index in [2.05, 4.69) is 0 Å². The summed E-state index contributed by atoms with van der Waals surface area (Å²) < 4.78 is 10.3. The topological polar surface area (TPSA) is 81.8 Å². The van der Waals surface area contributed by atoms with Gasteiger partial charge in [-0.15, -0.1) is 0 Å². The molecule has 0 radical (unpaired) electrons. The molecule has 1 aliphatic rings. The Morgan fingerprint density at radius 1 is 1.60 bits per heavy atom. The van der Waals surface area contributed by atoms with E-state index in [0.717, 1.165) is 25.9 Å². The lowest BCUT2D eigenvalue weighted by atomic mass is 10.1. The van der Waals surface area contributed by atoms with Crippen molar-refractivity contribution in [3.63, 3.8) is 0 Å². The maximum atomic E-state index is 11.2. The molecule has 1 rings (SSSR count). The first-order chi connectivity index (χ1) is 7.24. The molecule has 0 saturated carbocycles. The van der Waals surface area contributed by atoms with Gasteiger partial charge >= 0.3 is 5.97 Å². The highest BCUT2D eigenvalue weighted by Gasteiger charge is 2.19. The molecular weight excluding hydrogens is 198 g/mol. The Labute approximate surface area is 89.5 Å². The molecular formula is C10H19NO4. The van der Waals surface area contributed by atoms with E-state index in [9.17, 15) is 9.90 Å². The van der Waals surface area contributed by atoms with Crippen molar-refractivity contribution in [2.24, 2.45) is 5.73 Å². The van der Waals surface area contributed by atoms with Crippen LogP contribution in [0.25, 0.3) is 0 Å². The van der Waals surface area contributed by atoms with E-state index in [4.69, 9.17) is 15.2 Å². The predicted molar refractivity (Wildman–Crippen MR) is 54.2 cm³/mol. The molecule has 2 unspecified atom stereocenters. The predicted octanol–water partition coefficient (Wildman–Crippen LogP) is -0.192. The van der Waals surface area contributed by atoms with Gasteiger partial charge in [-0.2, -0.15) is 0 Å². The molecule has 0 bridgehead atoms. The lowest BCUT2D eigenvalue weighted by Gasteiger charge is -2.22. The second kappa shape index (κ2) is 6.76. The van der Waals surface area contributed by atoms with E-state index in [0.29, 0.717) is 0 Å². The first-order valence-corrected chi connectivity index (χ1v) is 5.40. The zero-order chi connectivity index (χ0) is 11.1. The number of hydrogen-bond acceptors (Lipinski definition) is 5. The van der Waals surface area contributed by atoms with E-state index in [1.165, 1.54) is 0 Å². The molecule has 1 heterocycles. The Bertz CT molecular complexity index is 192. The SMILES string of the molecule is NCCC(O)C(=O)OCC1CCCCO1. The number of hydrogen-bond donors (Lipinski definition) is 2. The molecule has 1 fully saturated rings. The molecule has 2 atom stereocenters. The third-order valence-corrected chi connectivity index (χ3v) is 2.40. The molecule has 1 aliphatic heterocycles. The Morgan fingerprint density at radius 3 is 3.00 bits per heavy atom. The van der Waals surface area contributed by atoms with Crippen molar-refractivity contribution in [3.8, 4) is 0 Å². The largest absolute Gasteiger partial charge is 0.461 e. The van der Waals surface area contributed by atoms with E-state index in [1.54, 1.807) is 0 Å². The van der Waals surface area contributed by atoms with Crippen LogP contribution in [0.4, 0.5) is 0 Å². The summed E-state index contributed by atoms with van der Waals surface area (Å²) in [5, 5.41) is 9.25. The summed E-state index contributed by atoms with van der Waals surface area (Å²) in [5.74, 6) is -0.602. The highest BCUT2D eigenvalue weighted by atomic mass is 16.6. The lowest BCUT2D eigenvalue weighted by molar-refractivity contribution is -0.159. The van der Waals surface area contributed by atoms with Gasteiger partial charge in [0.25, 0.3) is 0 Å². The van der Waals surface area contributed by atoms with Gasteiger partial charge in [0.05, 0.1) is 6.10 Å². The first kappa shape index (κ1) is 12.4. The highest BCUT2D eigenvalue weighted by molar-refractivity contribution is 5.74. The van der Waals surface area contributed by atoms with Crippen molar-refractivity contribution in [2.75, 3.05) is 19.8 Å². The van der Waals surface area contributed by atoms with Crippen LogP contribution in [-0.2, 0) is 14.3 Å². The van der Waals surface area contributed by atoms with Crippen molar-refractivity contribution in [2.45, 2.75) is 37.9 Å². The number of aliphatic hydroxyl groups excluding tert-OH is 1. The van der Waals surface area contributed by atoms with Gasteiger partial charge in [0.2, 0.25) is 0 Å². The van der Waals surface area contributed by atoms with E-state index in [1.807, 2.05) is 0 Å². The van der Waals surface area contributed by atoms with Crippen molar-refractivity contribution in [3.05, 3.63) is 0 Å². The minimum atomic E-state index is -1.10. The van der Waals surface area contributed by atoms with Crippen LogP contribution in [0.2, 0.25) is 0 Å². The fourth-order valence-corrected chi connectivity index (χ4v) is 1.49. The minimum absolute atomic E-state index is 0.00669. The number of esters is 1. The average Bonchev–Trinajstić information content (AvgIpc) is 2.27.